The molecule has 1 heterocycles. The number of aliphatic carboxylic acids is 1. The van der Waals surface area contributed by atoms with Crippen LogP contribution in [0, 0.1) is 11.8 Å². The Kier molecular flexibility index (Phi) is 3.95. The predicted molar refractivity (Wildman–Crippen MR) is 86.5 cm³/mol. The molecule has 1 aromatic heterocycles. The van der Waals surface area contributed by atoms with Crippen LogP contribution in [0.15, 0.2) is 28.9 Å². The number of carboxylic acid groups (broad SMARTS) is 1. The monoisotopic (exact) mass is 364 g/mol. The maximum atomic E-state index is 12.0. The summed E-state index contributed by atoms with van der Waals surface area (Å²) >= 11 is 3.42. The zero-order chi connectivity index (χ0) is 15.9. The summed E-state index contributed by atoms with van der Waals surface area (Å²) < 4.78 is 0.934. The van der Waals surface area contributed by atoms with Crippen LogP contribution < -0.4 is 5.32 Å². The Morgan fingerprint density at radius 1 is 1.50 bits per heavy atom. The first kappa shape index (κ1) is 15.1. The van der Waals surface area contributed by atoms with Crippen LogP contribution in [0.25, 0.3) is 10.9 Å². The number of hydrogen-bond donors (Lipinski definition) is 3. The highest BCUT2D eigenvalue weighted by Gasteiger charge is 2.40. The van der Waals surface area contributed by atoms with E-state index in [9.17, 15) is 14.7 Å². The Labute approximate surface area is 136 Å². The first-order valence-electron chi connectivity index (χ1n) is 7.24. The number of H-pyrrole nitrogens is 1. The van der Waals surface area contributed by atoms with Crippen LogP contribution in [0.2, 0.25) is 0 Å². The number of nitrogens with one attached hydrogen (secondary N) is 2. The fourth-order valence-corrected chi connectivity index (χ4v) is 3.07. The summed E-state index contributed by atoms with van der Waals surface area (Å²) in [6.07, 6.45) is 2.91. The number of halogens is 1. The van der Waals surface area contributed by atoms with Crippen molar-refractivity contribution >= 4 is 38.7 Å². The smallest absolute Gasteiger partial charge is 0.326 e. The number of carbonyl (C=O) groups is 2. The highest BCUT2D eigenvalue weighted by atomic mass is 79.9. The third kappa shape index (κ3) is 3.02. The molecule has 3 rings (SSSR count). The summed E-state index contributed by atoms with van der Waals surface area (Å²) in [5.41, 5.74) is 1.83. The van der Waals surface area contributed by atoms with E-state index in [2.05, 4.69) is 26.2 Å². The molecule has 0 radical (unpaired) electrons. The number of aromatic nitrogens is 1. The number of hydrogen-bond acceptors (Lipinski definition) is 2. The summed E-state index contributed by atoms with van der Waals surface area (Å²) in [5.74, 6) is -0.829. The van der Waals surface area contributed by atoms with E-state index in [0.717, 1.165) is 27.4 Å². The quantitative estimate of drug-likeness (QED) is 0.762. The molecule has 1 amide bonds. The fraction of sp³-hybridized carbons (Fsp3) is 0.375. The molecule has 0 saturated heterocycles. The Balaban J connectivity index is 1.79. The summed E-state index contributed by atoms with van der Waals surface area (Å²) in [6.45, 7) is 2.00. The van der Waals surface area contributed by atoms with Gasteiger partial charge in [-0.25, -0.2) is 4.79 Å². The van der Waals surface area contributed by atoms with Crippen LogP contribution in [0.1, 0.15) is 18.9 Å². The SMILES string of the molecule is CC1CC1C(=O)NC(Cc1c[nH]c2ccc(Br)cc12)C(=O)O. The van der Waals surface area contributed by atoms with Crippen molar-refractivity contribution in [2.24, 2.45) is 11.8 Å². The zero-order valence-corrected chi connectivity index (χ0v) is 13.7. The van der Waals surface area contributed by atoms with Crippen molar-refractivity contribution in [3.8, 4) is 0 Å². The Hall–Kier alpha value is -1.82. The molecule has 1 saturated carbocycles. The number of carboxylic acids is 1. The van der Waals surface area contributed by atoms with Gasteiger partial charge in [0.1, 0.15) is 6.04 Å². The van der Waals surface area contributed by atoms with Crippen molar-refractivity contribution in [3.63, 3.8) is 0 Å². The molecular weight excluding hydrogens is 348 g/mol. The minimum atomic E-state index is -1.01. The number of benzene rings is 1. The molecule has 1 aliphatic carbocycles. The number of amides is 1. The second-order valence-corrected chi connectivity index (χ2v) is 6.84. The van der Waals surface area contributed by atoms with Gasteiger partial charge in [0.2, 0.25) is 5.91 Å². The predicted octanol–water partition coefficient (Wildman–Crippen LogP) is 2.70. The molecule has 6 heteroatoms. The van der Waals surface area contributed by atoms with Gasteiger partial charge in [0, 0.05) is 33.9 Å². The summed E-state index contributed by atoms with van der Waals surface area (Å²) in [7, 11) is 0. The van der Waals surface area contributed by atoms with Crippen LogP contribution >= 0.6 is 15.9 Å². The van der Waals surface area contributed by atoms with Gasteiger partial charge in [-0.15, -0.1) is 0 Å². The number of aromatic amines is 1. The first-order chi connectivity index (χ1) is 10.5. The van der Waals surface area contributed by atoms with E-state index < -0.39 is 12.0 Å². The second-order valence-electron chi connectivity index (χ2n) is 5.93. The van der Waals surface area contributed by atoms with Gasteiger partial charge in [-0.05, 0) is 36.1 Å². The van der Waals surface area contributed by atoms with Gasteiger partial charge in [0.05, 0.1) is 0 Å². The minimum absolute atomic E-state index is 0.0287. The van der Waals surface area contributed by atoms with E-state index in [1.165, 1.54) is 0 Å². The molecule has 0 spiro atoms. The summed E-state index contributed by atoms with van der Waals surface area (Å²) in [5, 5.41) is 13.0. The van der Waals surface area contributed by atoms with E-state index >= 15 is 0 Å². The lowest BCUT2D eigenvalue weighted by molar-refractivity contribution is -0.142. The molecule has 0 bridgehead atoms. The maximum Gasteiger partial charge on any atom is 0.326 e. The molecule has 0 aliphatic heterocycles. The highest BCUT2D eigenvalue weighted by Crippen LogP contribution is 2.37. The van der Waals surface area contributed by atoms with Crippen LogP contribution in [0.5, 0.6) is 0 Å². The molecule has 22 heavy (non-hydrogen) atoms. The van der Waals surface area contributed by atoms with Crippen LogP contribution in [-0.4, -0.2) is 28.0 Å². The molecule has 3 atom stereocenters. The van der Waals surface area contributed by atoms with Gasteiger partial charge in [0.15, 0.2) is 0 Å². The lowest BCUT2D eigenvalue weighted by Gasteiger charge is -2.14. The Morgan fingerprint density at radius 2 is 2.23 bits per heavy atom. The van der Waals surface area contributed by atoms with E-state index in [1.807, 2.05) is 25.1 Å². The molecule has 3 unspecified atom stereocenters. The number of fused-ring (bicyclic) bond motifs is 1. The van der Waals surface area contributed by atoms with Gasteiger partial charge in [-0.3, -0.25) is 4.79 Å². The van der Waals surface area contributed by atoms with Crippen LogP contribution in [0.3, 0.4) is 0 Å². The average Bonchev–Trinajstić information content (AvgIpc) is 3.07. The standard InChI is InChI=1S/C16H17BrN2O3/c1-8-4-11(8)15(20)19-14(16(21)22)5-9-7-18-13-3-2-10(17)6-12(9)13/h2-3,6-8,11,14,18H,4-5H2,1H3,(H,19,20)(H,21,22). The van der Waals surface area contributed by atoms with Crippen molar-refractivity contribution in [1.82, 2.24) is 10.3 Å². The van der Waals surface area contributed by atoms with Crippen molar-refractivity contribution in [3.05, 3.63) is 34.4 Å². The topological polar surface area (TPSA) is 82.2 Å². The first-order valence-corrected chi connectivity index (χ1v) is 8.03. The van der Waals surface area contributed by atoms with E-state index in [-0.39, 0.29) is 18.2 Å². The lowest BCUT2D eigenvalue weighted by atomic mass is 10.0. The summed E-state index contributed by atoms with van der Waals surface area (Å²) in [4.78, 5) is 26.6. The normalized spacial score (nSPS) is 21.5. The average molecular weight is 365 g/mol. The zero-order valence-electron chi connectivity index (χ0n) is 12.1. The Morgan fingerprint density at radius 3 is 2.86 bits per heavy atom. The molecule has 1 aromatic carbocycles. The summed E-state index contributed by atoms with van der Waals surface area (Å²) in [6, 6.07) is 4.90. The molecule has 1 aliphatic rings. The molecule has 3 N–H and O–H groups in total. The molecule has 5 nitrogen and oxygen atoms in total. The van der Waals surface area contributed by atoms with Gasteiger partial charge in [0.25, 0.3) is 0 Å². The number of carbonyl (C=O) groups excluding carboxylic acids is 1. The van der Waals surface area contributed by atoms with Gasteiger partial charge < -0.3 is 15.4 Å². The molecule has 2 aromatic rings. The lowest BCUT2D eigenvalue weighted by Crippen LogP contribution is -2.43. The van der Waals surface area contributed by atoms with Gasteiger partial charge in [-0.1, -0.05) is 22.9 Å². The third-order valence-electron chi connectivity index (χ3n) is 4.21. The maximum absolute atomic E-state index is 12.0. The van der Waals surface area contributed by atoms with Crippen LogP contribution in [0.4, 0.5) is 0 Å². The van der Waals surface area contributed by atoms with Crippen molar-refractivity contribution in [2.45, 2.75) is 25.8 Å². The molecular formula is C16H17BrN2O3. The van der Waals surface area contributed by atoms with Gasteiger partial charge in [-0.2, -0.15) is 0 Å². The van der Waals surface area contributed by atoms with Crippen molar-refractivity contribution in [1.29, 1.82) is 0 Å². The van der Waals surface area contributed by atoms with Gasteiger partial charge >= 0.3 is 5.97 Å². The molecule has 1 fully saturated rings. The van der Waals surface area contributed by atoms with Crippen LogP contribution in [-0.2, 0) is 16.0 Å². The fourth-order valence-electron chi connectivity index (χ4n) is 2.71. The second kappa shape index (κ2) is 5.76. The largest absolute Gasteiger partial charge is 0.480 e. The van der Waals surface area contributed by atoms with Crippen molar-refractivity contribution < 1.29 is 14.7 Å². The minimum Gasteiger partial charge on any atom is -0.480 e. The highest BCUT2D eigenvalue weighted by molar-refractivity contribution is 9.10. The van der Waals surface area contributed by atoms with E-state index in [0.29, 0.717) is 5.92 Å². The molecule has 116 valence electrons. The third-order valence-corrected chi connectivity index (χ3v) is 4.71. The van der Waals surface area contributed by atoms with E-state index in [1.54, 1.807) is 6.20 Å². The number of rotatable bonds is 5. The van der Waals surface area contributed by atoms with Crippen molar-refractivity contribution in [2.75, 3.05) is 0 Å². The Bertz CT molecular complexity index is 740. The van der Waals surface area contributed by atoms with E-state index in [4.69, 9.17) is 0 Å².